The number of fused-ring (bicyclic) bond motifs is 1. The maximum absolute atomic E-state index is 12.4. The quantitative estimate of drug-likeness (QED) is 0.778. The number of rotatable bonds is 6. The fourth-order valence-electron chi connectivity index (χ4n) is 2.54. The van der Waals surface area contributed by atoms with Crippen molar-refractivity contribution in [1.82, 2.24) is 0 Å². The molecule has 0 radical (unpaired) electrons. The summed E-state index contributed by atoms with van der Waals surface area (Å²) in [5, 5.41) is 2.67. The largest absolute Gasteiger partial charge is 0.493 e. The van der Waals surface area contributed by atoms with Crippen LogP contribution in [-0.2, 0) is 9.53 Å². The molecule has 1 unspecified atom stereocenters. The van der Waals surface area contributed by atoms with Crippen LogP contribution < -0.4 is 24.3 Å². The number of nitrogens with one attached hydrogen (secondary N) is 1. The molecule has 8 heteroatoms. The summed E-state index contributed by atoms with van der Waals surface area (Å²) in [7, 11) is 2.89. The maximum Gasteiger partial charge on any atom is 0.342 e. The first-order valence-corrected chi connectivity index (χ1v) is 8.16. The van der Waals surface area contributed by atoms with Gasteiger partial charge >= 0.3 is 5.97 Å². The van der Waals surface area contributed by atoms with Gasteiger partial charge in [0.15, 0.2) is 29.1 Å². The molecule has 2 aromatic carbocycles. The first-order chi connectivity index (χ1) is 13.0. The van der Waals surface area contributed by atoms with Crippen molar-refractivity contribution in [2.75, 3.05) is 26.3 Å². The van der Waals surface area contributed by atoms with Crippen molar-refractivity contribution in [3.8, 4) is 23.0 Å². The predicted octanol–water partition coefficient (Wildman–Crippen LogP) is 2.62. The van der Waals surface area contributed by atoms with Crippen molar-refractivity contribution in [1.29, 1.82) is 0 Å². The van der Waals surface area contributed by atoms with Crippen LogP contribution in [-0.4, -0.2) is 39.0 Å². The molecule has 1 heterocycles. The summed E-state index contributed by atoms with van der Waals surface area (Å²) in [6.45, 7) is 1.62. The zero-order valence-electron chi connectivity index (χ0n) is 15.1. The molecule has 0 saturated carbocycles. The van der Waals surface area contributed by atoms with Crippen molar-refractivity contribution >= 4 is 17.6 Å². The Labute approximate surface area is 155 Å². The van der Waals surface area contributed by atoms with Crippen LogP contribution in [0.4, 0.5) is 5.69 Å². The summed E-state index contributed by atoms with van der Waals surface area (Å²) in [5.74, 6) is 0.608. The Kier molecular flexibility index (Phi) is 5.35. The zero-order chi connectivity index (χ0) is 19.4. The van der Waals surface area contributed by atoms with Gasteiger partial charge in [-0.1, -0.05) is 6.07 Å². The highest BCUT2D eigenvalue weighted by Gasteiger charge is 2.23. The van der Waals surface area contributed by atoms with Crippen LogP contribution in [0.25, 0.3) is 0 Å². The lowest BCUT2D eigenvalue weighted by atomic mass is 10.2. The molecule has 8 nitrogen and oxygen atoms in total. The number of ether oxygens (including phenoxy) is 5. The number of methoxy groups -OCH3 is 2. The Hall–Kier alpha value is -3.42. The highest BCUT2D eigenvalue weighted by atomic mass is 16.7. The highest BCUT2D eigenvalue weighted by Crippen LogP contribution is 2.34. The van der Waals surface area contributed by atoms with Crippen molar-refractivity contribution < 1.29 is 33.3 Å². The number of anilines is 1. The molecule has 0 fully saturated rings. The molecule has 0 aromatic heterocycles. The van der Waals surface area contributed by atoms with E-state index in [2.05, 4.69) is 5.32 Å². The van der Waals surface area contributed by atoms with Crippen LogP contribution in [0.15, 0.2) is 36.4 Å². The summed E-state index contributed by atoms with van der Waals surface area (Å²) < 4.78 is 26.1. The van der Waals surface area contributed by atoms with Gasteiger partial charge in [-0.25, -0.2) is 4.79 Å². The number of carbonyl (C=O) groups excluding carboxylic acids is 2. The number of hydrogen-bond acceptors (Lipinski definition) is 7. The number of carbonyl (C=O) groups is 2. The van der Waals surface area contributed by atoms with E-state index < -0.39 is 18.0 Å². The molecule has 1 N–H and O–H groups in total. The molecule has 3 rings (SSSR count). The number of esters is 1. The van der Waals surface area contributed by atoms with E-state index in [0.29, 0.717) is 22.9 Å². The Balaban J connectivity index is 1.67. The molecule has 1 amide bonds. The van der Waals surface area contributed by atoms with Gasteiger partial charge < -0.3 is 29.0 Å². The van der Waals surface area contributed by atoms with Crippen LogP contribution in [0.5, 0.6) is 23.0 Å². The van der Waals surface area contributed by atoms with Crippen molar-refractivity contribution in [3.05, 3.63) is 42.0 Å². The molecule has 0 spiro atoms. The number of para-hydroxylation sites is 1. The molecular formula is C19H19NO7. The molecule has 1 atom stereocenters. The predicted molar refractivity (Wildman–Crippen MR) is 95.6 cm³/mol. The third-order valence-corrected chi connectivity index (χ3v) is 3.92. The third kappa shape index (κ3) is 3.89. The van der Waals surface area contributed by atoms with Gasteiger partial charge in [-0.3, -0.25) is 4.79 Å². The second-order valence-electron chi connectivity index (χ2n) is 5.65. The lowest BCUT2D eigenvalue weighted by Crippen LogP contribution is -2.30. The summed E-state index contributed by atoms with van der Waals surface area (Å²) in [6.07, 6.45) is -1.03. The Morgan fingerprint density at radius 2 is 1.85 bits per heavy atom. The summed E-state index contributed by atoms with van der Waals surface area (Å²) >= 11 is 0. The lowest BCUT2D eigenvalue weighted by molar-refractivity contribution is -0.123. The van der Waals surface area contributed by atoms with Gasteiger partial charge in [-0.15, -0.1) is 0 Å². The van der Waals surface area contributed by atoms with E-state index in [-0.39, 0.29) is 18.1 Å². The molecule has 0 aliphatic carbocycles. The summed E-state index contributed by atoms with van der Waals surface area (Å²) in [4.78, 5) is 24.8. The molecule has 0 bridgehead atoms. The van der Waals surface area contributed by atoms with Crippen LogP contribution in [0.1, 0.15) is 17.3 Å². The minimum Gasteiger partial charge on any atom is -0.493 e. The lowest BCUT2D eigenvalue weighted by Gasteiger charge is -2.16. The minimum absolute atomic E-state index is 0.142. The second kappa shape index (κ2) is 7.86. The van der Waals surface area contributed by atoms with E-state index in [4.69, 9.17) is 23.7 Å². The SMILES string of the molecule is COc1cccc(C(=O)OC(C)C(=O)Nc2ccc3c(c2)OCO3)c1OC. The van der Waals surface area contributed by atoms with Gasteiger partial charge in [-0.2, -0.15) is 0 Å². The minimum atomic E-state index is -1.03. The average molecular weight is 373 g/mol. The van der Waals surface area contributed by atoms with Crippen molar-refractivity contribution in [3.63, 3.8) is 0 Å². The van der Waals surface area contributed by atoms with Crippen LogP contribution in [0.2, 0.25) is 0 Å². The fourth-order valence-corrected chi connectivity index (χ4v) is 2.54. The van der Waals surface area contributed by atoms with E-state index in [1.807, 2.05) is 0 Å². The first kappa shape index (κ1) is 18.4. The number of amides is 1. The smallest absolute Gasteiger partial charge is 0.342 e. The zero-order valence-corrected chi connectivity index (χ0v) is 15.1. The van der Waals surface area contributed by atoms with Crippen LogP contribution in [0.3, 0.4) is 0 Å². The van der Waals surface area contributed by atoms with E-state index in [1.54, 1.807) is 30.3 Å². The third-order valence-electron chi connectivity index (χ3n) is 3.92. The standard InChI is InChI=1S/C19H19NO7/c1-11(18(21)20-12-7-8-14-16(9-12)26-10-25-14)27-19(22)13-5-4-6-15(23-2)17(13)24-3/h4-9,11H,10H2,1-3H3,(H,20,21). The topological polar surface area (TPSA) is 92.3 Å². The van der Waals surface area contributed by atoms with Crippen molar-refractivity contribution in [2.24, 2.45) is 0 Å². The monoisotopic (exact) mass is 373 g/mol. The molecule has 1 aliphatic heterocycles. The van der Waals surface area contributed by atoms with Gasteiger partial charge in [0, 0.05) is 11.8 Å². The molecule has 0 saturated heterocycles. The van der Waals surface area contributed by atoms with Gasteiger partial charge in [0.1, 0.15) is 5.56 Å². The van der Waals surface area contributed by atoms with Crippen molar-refractivity contribution in [2.45, 2.75) is 13.0 Å². The normalized spacial score (nSPS) is 12.9. The van der Waals surface area contributed by atoms with Gasteiger partial charge in [0.05, 0.1) is 14.2 Å². The maximum atomic E-state index is 12.4. The van der Waals surface area contributed by atoms with Crippen LogP contribution >= 0.6 is 0 Å². The van der Waals surface area contributed by atoms with Gasteiger partial charge in [0.25, 0.3) is 5.91 Å². The number of benzene rings is 2. The second-order valence-corrected chi connectivity index (χ2v) is 5.65. The molecular weight excluding hydrogens is 354 g/mol. The van der Waals surface area contributed by atoms with Gasteiger partial charge in [-0.05, 0) is 31.2 Å². The molecule has 142 valence electrons. The average Bonchev–Trinajstić information content (AvgIpc) is 3.14. The van der Waals surface area contributed by atoms with E-state index in [9.17, 15) is 9.59 Å². The Morgan fingerprint density at radius 1 is 1.07 bits per heavy atom. The Bertz CT molecular complexity index is 865. The summed E-state index contributed by atoms with van der Waals surface area (Å²) in [5.41, 5.74) is 0.672. The van der Waals surface area contributed by atoms with E-state index >= 15 is 0 Å². The van der Waals surface area contributed by atoms with E-state index in [0.717, 1.165) is 0 Å². The van der Waals surface area contributed by atoms with Gasteiger partial charge in [0.2, 0.25) is 6.79 Å². The molecule has 1 aliphatic rings. The van der Waals surface area contributed by atoms with E-state index in [1.165, 1.54) is 27.2 Å². The summed E-state index contributed by atoms with van der Waals surface area (Å²) in [6, 6.07) is 9.83. The van der Waals surface area contributed by atoms with Crippen LogP contribution in [0, 0.1) is 0 Å². The molecule has 2 aromatic rings. The highest BCUT2D eigenvalue weighted by molar-refractivity contribution is 5.98. The fraction of sp³-hybridized carbons (Fsp3) is 0.263. The molecule has 27 heavy (non-hydrogen) atoms. The Morgan fingerprint density at radius 3 is 2.59 bits per heavy atom. The first-order valence-electron chi connectivity index (χ1n) is 8.16. The number of hydrogen-bond donors (Lipinski definition) is 1.